The lowest BCUT2D eigenvalue weighted by Gasteiger charge is -2.09. The molecule has 0 spiro atoms. The number of nitrogens with one attached hydrogen (secondary N) is 1. The van der Waals surface area contributed by atoms with Gasteiger partial charge in [-0.05, 0) is 37.3 Å². The predicted molar refractivity (Wildman–Crippen MR) is 101 cm³/mol. The molecule has 1 N–H and O–H groups in total. The highest BCUT2D eigenvalue weighted by atomic mass is 32.1. The molecular weight excluding hydrogens is 389 g/mol. The van der Waals surface area contributed by atoms with Crippen molar-refractivity contribution in [1.29, 1.82) is 0 Å². The first kappa shape index (κ1) is 18.2. The average molecular weight is 402 g/mol. The van der Waals surface area contributed by atoms with E-state index in [1.165, 1.54) is 28.2 Å². The van der Waals surface area contributed by atoms with Crippen LogP contribution in [0.4, 0.5) is 19.0 Å². The predicted octanol–water partition coefficient (Wildman–Crippen LogP) is 5.06. The Labute approximate surface area is 161 Å². The van der Waals surface area contributed by atoms with Crippen molar-refractivity contribution in [2.45, 2.75) is 13.1 Å². The third-order valence-electron chi connectivity index (χ3n) is 3.99. The van der Waals surface area contributed by atoms with E-state index < -0.39 is 17.6 Å². The summed E-state index contributed by atoms with van der Waals surface area (Å²) < 4.78 is 41.1. The molecule has 0 bridgehead atoms. The first-order chi connectivity index (χ1) is 13.3. The van der Waals surface area contributed by atoms with Gasteiger partial charge in [-0.25, -0.2) is 4.98 Å². The maximum Gasteiger partial charge on any atom is 0.416 e. The Morgan fingerprint density at radius 1 is 1.11 bits per heavy atom. The van der Waals surface area contributed by atoms with Crippen molar-refractivity contribution in [3.05, 3.63) is 71.4 Å². The minimum absolute atomic E-state index is 0.0930. The van der Waals surface area contributed by atoms with Gasteiger partial charge in [-0.3, -0.25) is 4.79 Å². The fourth-order valence-corrected chi connectivity index (χ4v) is 3.64. The summed E-state index contributed by atoms with van der Waals surface area (Å²) in [6, 6.07) is 13.5. The lowest BCUT2D eigenvalue weighted by atomic mass is 10.1. The van der Waals surface area contributed by atoms with Crippen molar-refractivity contribution in [2.24, 2.45) is 0 Å². The van der Waals surface area contributed by atoms with Gasteiger partial charge in [0, 0.05) is 11.6 Å². The van der Waals surface area contributed by atoms with Gasteiger partial charge in [-0.1, -0.05) is 29.5 Å². The Morgan fingerprint density at radius 3 is 2.64 bits per heavy atom. The number of carbonyl (C=O) groups is 1. The summed E-state index contributed by atoms with van der Waals surface area (Å²) in [4.78, 5) is 17.0. The van der Waals surface area contributed by atoms with Crippen LogP contribution in [-0.4, -0.2) is 20.7 Å². The quantitative estimate of drug-likeness (QED) is 0.521. The molecule has 0 radical (unpaired) electrons. The van der Waals surface area contributed by atoms with E-state index in [1.54, 1.807) is 13.0 Å². The number of rotatable bonds is 3. The third-order valence-corrected chi connectivity index (χ3v) is 5.00. The van der Waals surface area contributed by atoms with Crippen molar-refractivity contribution in [3.63, 3.8) is 0 Å². The molecule has 4 aromatic rings. The number of alkyl halides is 3. The molecule has 0 saturated carbocycles. The highest BCUT2D eigenvalue weighted by molar-refractivity contribution is 7.20. The van der Waals surface area contributed by atoms with Crippen molar-refractivity contribution in [1.82, 2.24) is 14.8 Å². The van der Waals surface area contributed by atoms with Gasteiger partial charge in [0.15, 0.2) is 0 Å². The van der Waals surface area contributed by atoms with Crippen LogP contribution in [0, 0.1) is 6.92 Å². The number of aryl methyl sites for hydroxylation is 1. The second-order valence-electron chi connectivity index (χ2n) is 6.08. The number of nitrogens with zero attached hydrogens (tertiary/aromatic N) is 3. The van der Waals surface area contributed by atoms with Gasteiger partial charge in [0.25, 0.3) is 5.91 Å². The monoisotopic (exact) mass is 402 g/mol. The van der Waals surface area contributed by atoms with E-state index in [0.717, 1.165) is 22.3 Å². The molecule has 2 aromatic carbocycles. The van der Waals surface area contributed by atoms with Gasteiger partial charge < -0.3 is 5.32 Å². The average Bonchev–Trinajstić information content (AvgIpc) is 3.24. The molecule has 4 rings (SSSR count). The van der Waals surface area contributed by atoms with Gasteiger partial charge in [0.2, 0.25) is 5.13 Å². The van der Waals surface area contributed by atoms with Crippen LogP contribution in [0.3, 0.4) is 0 Å². The number of carbonyl (C=O) groups excluding carboxylic acids is 1. The van der Waals surface area contributed by atoms with E-state index in [9.17, 15) is 18.0 Å². The molecule has 0 fully saturated rings. The van der Waals surface area contributed by atoms with E-state index in [4.69, 9.17) is 0 Å². The molecule has 0 aliphatic heterocycles. The van der Waals surface area contributed by atoms with Crippen LogP contribution in [0.25, 0.3) is 15.3 Å². The van der Waals surface area contributed by atoms with Crippen LogP contribution in [0.15, 0.2) is 54.6 Å². The highest BCUT2D eigenvalue weighted by Crippen LogP contribution is 2.30. The fourth-order valence-electron chi connectivity index (χ4n) is 2.71. The second kappa shape index (κ2) is 6.75. The van der Waals surface area contributed by atoms with Gasteiger partial charge in [-0.2, -0.15) is 23.0 Å². The number of aromatic nitrogens is 3. The van der Waals surface area contributed by atoms with Crippen LogP contribution in [0.2, 0.25) is 0 Å². The Hall–Kier alpha value is -3.20. The Kier molecular flexibility index (Phi) is 4.38. The number of fused-ring (bicyclic) bond motifs is 1. The van der Waals surface area contributed by atoms with Gasteiger partial charge in [-0.15, -0.1) is 0 Å². The molecule has 0 aliphatic carbocycles. The summed E-state index contributed by atoms with van der Waals surface area (Å²) in [5, 5.41) is 7.53. The zero-order chi connectivity index (χ0) is 19.9. The maximum atomic E-state index is 12.9. The van der Waals surface area contributed by atoms with Crippen molar-refractivity contribution < 1.29 is 18.0 Å². The largest absolute Gasteiger partial charge is 0.416 e. The number of benzene rings is 2. The molecule has 28 heavy (non-hydrogen) atoms. The first-order valence-corrected chi connectivity index (χ1v) is 9.04. The number of hydrogen-bond acceptors (Lipinski definition) is 4. The highest BCUT2D eigenvalue weighted by Gasteiger charge is 2.31. The van der Waals surface area contributed by atoms with Crippen LogP contribution in [0.5, 0.6) is 0 Å². The number of amides is 1. The number of anilines is 1. The van der Waals surface area contributed by atoms with Crippen LogP contribution in [-0.2, 0) is 6.18 Å². The van der Waals surface area contributed by atoms with Crippen LogP contribution >= 0.6 is 11.3 Å². The summed E-state index contributed by atoms with van der Waals surface area (Å²) in [5.74, 6) is -0.327. The molecule has 9 heteroatoms. The van der Waals surface area contributed by atoms with E-state index >= 15 is 0 Å². The second-order valence-corrected chi connectivity index (χ2v) is 7.09. The van der Waals surface area contributed by atoms with E-state index in [1.807, 2.05) is 24.3 Å². The summed E-state index contributed by atoms with van der Waals surface area (Å²) in [6.07, 6.45) is -4.52. The molecule has 0 atom stereocenters. The van der Waals surface area contributed by atoms with Gasteiger partial charge in [0.05, 0.1) is 21.5 Å². The van der Waals surface area contributed by atoms with Crippen LogP contribution < -0.4 is 5.32 Å². The van der Waals surface area contributed by atoms with E-state index in [-0.39, 0.29) is 5.56 Å². The molecule has 1 amide bonds. The van der Waals surface area contributed by atoms with Gasteiger partial charge in [0.1, 0.15) is 5.82 Å². The lowest BCUT2D eigenvalue weighted by molar-refractivity contribution is -0.137. The van der Waals surface area contributed by atoms with Crippen LogP contribution in [0.1, 0.15) is 21.6 Å². The minimum atomic E-state index is -4.52. The molecule has 5 nitrogen and oxygen atoms in total. The number of para-hydroxylation sites is 1. The summed E-state index contributed by atoms with van der Waals surface area (Å²) in [6.45, 7) is 1.75. The summed E-state index contributed by atoms with van der Waals surface area (Å²) in [5.41, 5.74) is 0.463. The molecule has 0 unspecified atom stereocenters. The number of halogens is 3. The topological polar surface area (TPSA) is 59.8 Å². The molecule has 2 heterocycles. The molecule has 142 valence electrons. The summed E-state index contributed by atoms with van der Waals surface area (Å²) >= 11 is 1.40. The fraction of sp³-hybridized carbons (Fsp3) is 0.105. The van der Waals surface area contributed by atoms with Crippen molar-refractivity contribution in [2.75, 3.05) is 5.32 Å². The van der Waals surface area contributed by atoms with Gasteiger partial charge >= 0.3 is 6.18 Å². The number of thiazole rings is 1. The summed E-state index contributed by atoms with van der Waals surface area (Å²) in [7, 11) is 0. The molecule has 0 aliphatic rings. The van der Waals surface area contributed by atoms with E-state index in [0.29, 0.717) is 16.6 Å². The zero-order valence-electron chi connectivity index (χ0n) is 14.5. The first-order valence-electron chi connectivity index (χ1n) is 8.22. The lowest BCUT2D eigenvalue weighted by Crippen LogP contribution is -2.16. The molecule has 2 aromatic heterocycles. The SMILES string of the molecule is Cc1cc(NC(=O)c2cccc(C(F)(F)F)c2)n(-c2nc3ccccc3s2)n1. The van der Waals surface area contributed by atoms with Crippen molar-refractivity contribution in [3.8, 4) is 5.13 Å². The smallest absolute Gasteiger partial charge is 0.306 e. The minimum Gasteiger partial charge on any atom is -0.306 e. The Bertz CT molecular complexity index is 1150. The zero-order valence-corrected chi connectivity index (χ0v) is 15.3. The molecular formula is C19H13F3N4OS. The third kappa shape index (κ3) is 3.48. The van der Waals surface area contributed by atoms with E-state index in [2.05, 4.69) is 15.4 Å². The normalized spacial score (nSPS) is 11.7. The standard InChI is InChI=1S/C19H13F3N4OS/c1-11-9-16(24-17(27)12-5-4-6-13(10-12)19(20,21)22)26(25-11)18-23-14-7-2-3-8-15(14)28-18/h2-10H,1H3,(H,24,27). The van der Waals surface area contributed by atoms with Crippen molar-refractivity contribution >= 4 is 33.3 Å². The Morgan fingerprint density at radius 2 is 1.89 bits per heavy atom. The Balaban J connectivity index is 1.67. The molecule has 0 saturated heterocycles. The number of hydrogen-bond donors (Lipinski definition) is 1. The maximum absolute atomic E-state index is 12.9.